The molecular weight excluding hydrogens is 180 g/mol. The van der Waals surface area contributed by atoms with E-state index < -0.39 is 0 Å². The molecule has 0 N–H and O–H groups in total. The van der Waals surface area contributed by atoms with Gasteiger partial charge in [0, 0.05) is 7.11 Å². The molecule has 3 heteroatoms. The van der Waals surface area contributed by atoms with E-state index in [4.69, 9.17) is 9.47 Å². The largest absolute Gasteiger partial charge is 0.466 e. The van der Waals surface area contributed by atoms with E-state index in [9.17, 15) is 4.79 Å². The number of carbonyl (C=O) groups is 1. The molecule has 0 aliphatic rings. The van der Waals surface area contributed by atoms with Gasteiger partial charge in [-0.05, 0) is 6.42 Å². The first-order valence-electron chi connectivity index (χ1n) is 5.45. The molecule has 0 amide bonds. The van der Waals surface area contributed by atoms with Gasteiger partial charge in [0.25, 0.3) is 0 Å². The van der Waals surface area contributed by atoms with Crippen molar-refractivity contribution in [1.82, 2.24) is 0 Å². The third-order valence-electron chi connectivity index (χ3n) is 2.02. The molecule has 0 radical (unpaired) electrons. The van der Waals surface area contributed by atoms with Crippen LogP contribution in [0.2, 0.25) is 0 Å². The molecule has 0 spiro atoms. The fourth-order valence-corrected chi connectivity index (χ4v) is 1.15. The zero-order chi connectivity index (χ0) is 10.6. The molecule has 0 aliphatic carbocycles. The lowest BCUT2D eigenvalue weighted by Gasteiger charge is -2.03. The summed E-state index contributed by atoms with van der Waals surface area (Å²) in [7, 11) is 1.58. The van der Waals surface area contributed by atoms with E-state index in [1.807, 2.05) is 0 Å². The summed E-state index contributed by atoms with van der Waals surface area (Å²) in [6.45, 7) is 3.20. The first-order valence-corrected chi connectivity index (χ1v) is 5.45. The van der Waals surface area contributed by atoms with E-state index in [2.05, 4.69) is 6.92 Å². The van der Waals surface area contributed by atoms with Crippen molar-refractivity contribution in [2.75, 3.05) is 20.3 Å². The summed E-state index contributed by atoms with van der Waals surface area (Å²) in [4.78, 5) is 11.0. The van der Waals surface area contributed by atoms with E-state index in [0.717, 1.165) is 12.8 Å². The molecule has 0 aromatic rings. The summed E-state index contributed by atoms with van der Waals surface area (Å²) < 4.78 is 9.78. The van der Waals surface area contributed by atoms with Crippen molar-refractivity contribution in [3.05, 3.63) is 0 Å². The van der Waals surface area contributed by atoms with Crippen molar-refractivity contribution in [2.24, 2.45) is 0 Å². The van der Waals surface area contributed by atoms with Gasteiger partial charge in [-0.25, -0.2) is 0 Å². The van der Waals surface area contributed by atoms with Crippen LogP contribution in [-0.2, 0) is 14.3 Å². The fourth-order valence-electron chi connectivity index (χ4n) is 1.15. The molecule has 0 saturated carbocycles. The summed E-state index contributed by atoms with van der Waals surface area (Å²) in [5, 5.41) is 0. The Morgan fingerprint density at radius 1 is 1.07 bits per heavy atom. The number of carbonyl (C=O) groups excluding carboxylic acids is 1. The average Bonchev–Trinajstić information content (AvgIpc) is 2.20. The number of rotatable bonds is 9. The van der Waals surface area contributed by atoms with Crippen molar-refractivity contribution < 1.29 is 14.3 Å². The van der Waals surface area contributed by atoms with Crippen LogP contribution in [-0.4, -0.2) is 26.3 Å². The van der Waals surface area contributed by atoms with Crippen LogP contribution in [0.4, 0.5) is 0 Å². The first-order chi connectivity index (χ1) is 6.81. The Morgan fingerprint density at radius 3 is 2.43 bits per heavy atom. The minimum Gasteiger partial charge on any atom is -0.466 e. The van der Waals surface area contributed by atoms with Crippen molar-refractivity contribution in [1.29, 1.82) is 0 Å². The highest BCUT2D eigenvalue weighted by molar-refractivity contribution is 5.69. The molecule has 0 bridgehead atoms. The van der Waals surface area contributed by atoms with Gasteiger partial charge in [-0.1, -0.05) is 32.6 Å². The van der Waals surface area contributed by atoms with Gasteiger partial charge >= 0.3 is 5.97 Å². The summed E-state index contributed by atoms with van der Waals surface area (Å²) >= 11 is 0. The van der Waals surface area contributed by atoms with Gasteiger partial charge in [0.05, 0.1) is 19.6 Å². The Bertz CT molecular complexity index is 134. The fraction of sp³-hybridized carbons (Fsp3) is 0.909. The Labute approximate surface area is 86.8 Å². The number of esters is 1. The van der Waals surface area contributed by atoms with Gasteiger partial charge in [-0.15, -0.1) is 0 Å². The lowest BCUT2D eigenvalue weighted by molar-refractivity contribution is -0.144. The summed E-state index contributed by atoms with van der Waals surface area (Å²) in [6.07, 6.45) is 6.27. The second kappa shape index (κ2) is 10.5. The molecule has 0 rings (SSSR count). The molecule has 0 aliphatic heterocycles. The van der Waals surface area contributed by atoms with Crippen LogP contribution in [0.5, 0.6) is 0 Å². The van der Waals surface area contributed by atoms with Crippen molar-refractivity contribution >= 4 is 5.97 Å². The Hall–Kier alpha value is -0.570. The smallest absolute Gasteiger partial charge is 0.308 e. The maximum Gasteiger partial charge on any atom is 0.308 e. The summed E-state index contributed by atoms with van der Waals surface area (Å²) in [6, 6.07) is 0. The summed E-state index contributed by atoms with van der Waals surface area (Å²) in [5.74, 6) is -0.151. The minimum absolute atomic E-state index is 0.151. The Morgan fingerprint density at radius 2 is 1.79 bits per heavy atom. The molecular formula is C11H22O3. The third kappa shape index (κ3) is 9.52. The highest BCUT2D eigenvalue weighted by Crippen LogP contribution is 2.02. The zero-order valence-corrected chi connectivity index (χ0v) is 9.38. The Balaban J connectivity index is 3.07. The highest BCUT2D eigenvalue weighted by Gasteiger charge is 2.00. The van der Waals surface area contributed by atoms with Gasteiger partial charge in [-0.3, -0.25) is 4.79 Å². The quantitative estimate of drug-likeness (QED) is 0.426. The third-order valence-corrected chi connectivity index (χ3v) is 2.02. The van der Waals surface area contributed by atoms with E-state index >= 15 is 0 Å². The second-order valence-corrected chi connectivity index (χ2v) is 3.38. The predicted octanol–water partition coefficient (Wildman–Crippen LogP) is 2.54. The van der Waals surface area contributed by atoms with Crippen LogP contribution >= 0.6 is 0 Å². The monoisotopic (exact) mass is 202 g/mol. The van der Waals surface area contributed by atoms with E-state index in [1.165, 1.54) is 19.3 Å². The van der Waals surface area contributed by atoms with E-state index in [1.54, 1.807) is 7.11 Å². The second-order valence-electron chi connectivity index (χ2n) is 3.38. The molecule has 0 aromatic carbocycles. The molecule has 0 atom stereocenters. The molecule has 0 aromatic heterocycles. The van der Waals surface area contributed by atoms with Crippen molar-refractivity contribution in [2.45, 2.75) is 45.4 Å². The van der Waals surface area contributed by atoms with Crippen LogP contribution in [0.1, 0.15) is 45.4 Å². The molecule has 0 fully saturated rings. The zero-order valence-electron chi connectivity index (χ0n) is 9.38. The lowest BCUT2D eigenvalue weighted by atomic mass is 10.2. The lowest BCUT2D eigenvalue weighted by Crippen LogP contribution is -2.08. The average molecular weight is 202 g/mol. The SMILES string of the molecule is CCCCCCCOC(=O)CCOC. The summed E-state index contributed by atoms with van der Waals surface area (Å²) in [5.41, 5.74) is 0. The van der Waals surface area contributed by atoms with Crippen LogP contribution < -0.4 is 0 Å². The standard InChI is InChI=1S/C11H22O3/c1-3-4-5-6-7-9-14-11(12)8-10-13-2/h3-10H2,1-2H3. The number of hydrogen-bond acceptors (Lipinski definition) is 3. The number of unbranched alkanes of at least 4 members (excludes halogenated alkanes) is 4. The first kappa shape index (κ1) is 13.4. The molecule has 84 valence electrons. The molecule has 0 heterocycles. The van der Waals surface area contributed by atoms with Gasteiger partial charge in [-0.2, -0.15) is 0 Å². The van der Waals surface area contributed by atoms with Crippen molar-refractivity contribution in [3.63, 3.8) is 0 Å². The molecule has 0 unspecified atom stereocenters. The van der Waals surface area contributed by atoms with Crippen molar-refractivity contribution in [3.8, 4) is 0 Å². The molecule has 14 heavy (non-hydrogen) atoms. The normalized spacial score (nSPS) is 10.1. The van der Waals surface area contributed by atoms with Crippen LogP contribution in [0.15, 0.2) is 0 Å². The van der Waals surface area contributed by atoms with Crippen LogP contribution in [0, 0.1) is 0 Å². The van der Waals surface area contributed by atoms with Gasteiger partial charge in [0.1, 0.15) is 0 Å². The number of ether oxygens (including phenoxy) is 2. The predicted molar refractivity (Wildman–Crippen MR) is 56.2 cm³/mol. The number of hydrogen-bond donors (Lipinski definition) is 0. The van der Waals surface area contributed by atoms with E-state index in [0.29, 0.717) is 19.6 Å². The molecule has 0 saturated heterocycles. The van der Waals surface area contributed by atoms with E-state index in [-0.39, 0.29) is 5.97 Å². The topological polar surface area (TPSA) is 35.5 Å². The Kier molecular flexibility index (Phi) is 10.1. The maximum absolute atomic E-state index is 11.0. The van der Waals surface area contributed by atoms with Gasteiger partial charge in [0.15, 0.2) is 0 Å². The van der Waals surface area contributed by atoms with Gasteiger partial charge in [0.2, 0.25) is 0 Å². The van der Waals surface area contributed by atoms with Crippen LogP contribution in [0.25, 0.3) is 0 Å². The number of methoxy groups -OCH3 is 1. The highest BCUT2D eigenvalue weighted by atomic mass is 16.5. The maximum atomic E-state index is 11.0. The van der Waals surface area contributed by atoms with Crippen LogP contribution in [0.3, 0.4) is 0 Å². The minimum atomic E-state index is -0.151. The molecule has 3 nitrogen and oxygen atoms in total. The van der Waals surface area contributed by atoms with Gasteiger partial charge < -0.3 is 9.47 Å².